The fraction of sp³-hybridized carbons (Fsp3) is 0.464. The highest BCUT2D eigenvalue weighted by atomic mass is 19.4. The fourth-order valence-electron chi connectivity index (χ4n) is 6.01. The number of rotatable bonds is 7. The van der Waals surface area contributed by atoms with Gasteiger partial charge in [-0.3, -0.25) is 0 Å². The van der Waals surface area contributed by atoms with Crippen LogP contribution in [0.3, 0.4) is 0 Å². The first-order valence-electron chi connectivity index (χ1n) is 13.0. The largest absolute Gasteiger partial charge is 0.478 e. The molecule has 1 aliphatic carbocycles. The van der Waals surface area contributed by atoms with Gasteiger partial charge in [0.1, 0.15) is 17.3 Å². The summed E-state index contributed by atoms with van der Waals surface area (Å²) in [6.07, 6.45) is 1.09. The van der Waals surface area contributed by atoms with E-state index in [-0.39, 0.29) is 24.0 Å². The van der Waals surface area contributed by atoms with E-state index in [1.165, 1.54) is 0 Å². The lowest BCUT2D eigenvalue weighted by Crippen LogP contribution is -2.46. The molecule has 7 nitrogen and oxygen atoms in total. The number of nitrogens with zero attached hydrogens (tertiary/aromatic N) is 3. The van der Waals surface area contributed by atoms with Crippen molar-refractivity contribution in [1.29, 1.82) is 0 Å². The zero-order chi connectivity index (χ0) is 26.6. The summed E-state index contributed by atoms with van der Waals surface area (Å²) in [6.45, 7) is 2.41. The minimum Gasteiger partial charge on any atom is -0.478 e. The summed E-state index contributed by atoms with van der Waals surface area (Å²) in [5.74, 6) is -0.202. The second-order valence-electron chi connectivity index (χ2n) is 10.6. The van der Waals surface area contributed by atoms with Crippen molar-refractivity contribution < 1.29 is 32.3 Å². The van der Waals surface area contributed by atoms with Crippen molar-refractivity contribution in [2.45, 2.75) is 82.3 Å². The Kier molecular flexibility index (Phi) is 6.17. The summed E-state index contributed by atoms with van der Waals surface area (Å²) in [6, 6.07) is 8.87. The van der Waals surface area contributed by atoms with Crippen LogP contribution in [0.1, 0.15) is 77.3 Å². The number of aryl methyl sites for hydroxylation is 1. The second kappa shape index (κ2) is 9.41. The monoisotopic (exact) mass is 527 g/mol. The van der Waals surface area contributed by atoms with E-state index in [0.717, 1.165) is 66.1 Å². The Morgan fingerprint density at radius 3 is 2.50 bits per heavy atom. The summed E-state index contributed by atoms with van der Waals surface area (Å²) in [5, 5.41) is 13.6. The molecule has 1 aromatic carbocycles. The van der Waals surface area contributed by atoms with Crippen LogP contribution in [0.2, 0.25) is 0 Å². The van der Waals surface area contributed by atoms with Gasteiger partial charge in [-0.15, -0.1) is 0 Å². The van der Waals surface area contributed by atoms with Crippen LogP contribution >= 0.6 is 0 Å². The maximum absolute atomic E-state index is 13.6. The van der Waals surface area contributed by atoms with Crippen LogP contribution in [0.4, 0.5) is 19.0 Å². The Hall–Kier alpha value is -3.40. The SMILES string of the molecule is Cc1ccccc1-c1noc(C2CC2)c1COC1CC2CC[C@@H](C1)N2c1cc(C(F)(F)F)c(C(=O)O)cn1. The van der Waals surface area contributed by atoms with Gasteiger partial charge in [0.15, 0.2) is 0 Å². The number of carboxylic acid groups (broad SMARTS) is 1. The average Bonchev–Trinajstić information content (AvgIpc) is 3.58. The summed E-state index contributed by atoms with van der Waals surface area (Å²) in [4.78, 5) is 17.4. The quantitative estimate of drug-likeness (QED) is 0.383. The van der Waals surface area contributed by atoms with E-state index in [9.17, 15) is 23.1 Å². The van der Waals surface area contributed by atoms with E-state index in [0.29, 0.717) is 25.4 Å². The number of hydrogen-bond acceptors (Lipinski definition) is 6. The first-order valence-corrected chi connectivity index (χ1v) is 13.0. The van der Waals surface area contributed by atoms with Gasteiger partial charge in [-0.05, 0) is 57.1 Å². The van der Waals surface area contributed by atoms with Crippen LogP contribution in [0.25, 0.3) is 11.3 Å². The molecule has 1 N–H and O–H groups in total. The van der Waals surface area contributed by atoms with Gasteiger partial charge >= 0.3 is 12.1 Å². The van der Waals surface area contributed by atoms with E-state index < -0.39 is 23.3 Å². The standard InChI is InChI=1S/C28H28F3N3O4/c1-15-4-2-3-5-20(15)25-22(26(38-33-25)16-6-7-16)14-37-19-10-17-8-9-18(11-19)34(17)24-12-23(28(29,30)31)21(13-32-24)27(35)36/h2-5,12-13,16-19H,6-11,14H2,1H3,(H,35,36)/t17-,18?,19?/m0/s1. The molecule has 200 valence electrons. The smallest absolute Gasteiger partial charge is 0.417 e. The zero-order valence-corrected chi connectivity index (χ0v) is 20.9. The minimum absolute atomic E-state index is 0.0239. The molecule has 3 fully saturated rings. The van der Waals surface area contributed by atoms with Gasteiger partial charge in [0.25, 0.3) is 0 Å². The molecule has 2 bridgehead atoms. The molecular formula is C28H28F3N3O4. The predicted octanol–water partition coefficient (Wildman–Crippen LogP) is 6.36. The van der Waals surface area contributed by atoms with Crippen LogP contribution in [0, 0.1) is 6.92 Å². The molecule has 38 heavy (non-hydrogen) atoms. The van der Waals surface area contributed by atoms with Gasteiger partial charge < -0.3 is 19.3 Å². The summed E-state index contributed by atoms with van der Waals surface area (Å²) >= 11 is 0. The van der Waals surface area contributed by atoms with Crippen molar-refractivity contribution >= 4 is 11.8 Å². The lowest BCUT2D eigenvalue weighted by atomic mass is 9.98. The number of pyridine rings is 1. The lowest BCUT2D eigenvalue weighted by molar-refractivity contribution is -0.138. The van der Waals surface area contributed by atoms with E-state index >= 15 is 0 Å². The first-order chi connectivity index (χ1) is 18.2. The number of carboxylic acids is 1. The third-order valence-corrected chi connectivity index (χ3v) is 8.01. The lowest BCUT2D eigenvalue weighted by Gasteiger charge is -2.40. The maximum Gasteiger partial charge on any atom is 0.417 e. The number of anilines is 1. The minimum atomic E-state index is -4.78. The Morgan fingerprint density at radius 1 is 1.16 bits per heavy atom. The molecule has 10 heteroatoms. The summed E-state index contributed by atoms with van der Waals surface area (Å²) in [5.41, 5.74) is 1.92. The summed E-state index contributed by atoms with van der Waals surface area (Å²) in [7, 11) is 0. The molecule has 1 saturated carbocycles. The van der Waals surface area contributed by atoms with E-state index in [1.807, 2.05) is 36.1 Å². The number of alkyl halides is 3. The van der Waals surface area contributed by atoms with Gasteiger partial charge in [0.2, 0.25) is 0 Å². The Bertz CT molecular complexity index is 1350. The highest BCUT2D eigenvalue weighted by Crippen LogP contribution is 2.46. The van der Waals surface area contributed by atoms with Gasteiger partial charge in [-0.1, -0.05) is 29.4 Å². The molecule has 0 spiro atoms. The van der Waals surface area contributed by atoms with Crippen molar-refractivity contribution in [3.05, 3.63) is 64.5 Å². The summed E-state index contributed by atoms with van der Waals surface area (Å²) < 4.78 is 53.0. The first kappa shape index (κ1) is 24.9. The number of halogens is 3. The predicted molar refractivity (Wildman–Crippen MR) is 132 cm³/mol. The topological polar surface area (TPSA) is 88.7 Å². The Labute approximate surface area is 217 Å². The van der Waals surface area contributed by atoms with Crippen molar-refractivity contribution in [3.63, 3.8) is 0 Å². The number of aromatic nitrogens is 2. The van der Waals surface area contributed by atoms with Crippen molar-refractivity contribution in [1.82, 2.24) is 10.1 Å². The van der Waals surface area contributed by atoms with Crippen molar-refractivity contribution in [2.24, 2.45) is 0 Å². The number of carbonyl (C=O) groups is 1. The van der Waals surface area contributed by atoms with Gasteiger partial charge in [-0.25, -0.2) is 9.78 Å². The molecule has 6 rings (SSSR count). The van der Waals surface area contributed by atoms with Crippen LogP contribution in [0.5, 0.6) is 0 Å². The number of aromatic carboxylic acids is 1. The fourth-order valence-corrected chi connectivity index (χ4v) is 6.01. The molecule has 0 radical (unpaired) electrons. The number of benzene rings is 1. The highest BCUT2D eigenvalue weighted by Gasteiger charge is 2.44. The third-order valence-electron chi connectivity index (χ3n) is 8.01. The molecule has 3 aliphatic rings. The molecular weight excluding hydrogens is 499 g/mol. The second-order valence-corrected chi connectivity index (χ2v) is 10.6. The molecule has 3 atom stereocenters. The number of hydrogen-bond donors (Lipinski definition) is 1. The normalized spacial score (nSPS) is 23.2. The highest BCUT2D eigenvalue weighted by molar-refractivity contribution is 5.89. The average molecular weight is 528 g/mol. The van der Waals surface area contributed by atoms with Crippen molar-refractivity contribution in [2.75, 3.05) is 4.90 Å². The third kappa shape index (κ3) is 4.55. The number of ether oxygens (including phenoxy) is 1. The van der Waals surface area contributed by atoms with Crippen LogP contribution in [-0.4, -0.2) is 39.4 Å². The Morgan fingerprint density at radius 2 is 1.87 bits per heavy atom. The Balaban J connectivity index is 1.20. The molecule has 2 saturated heterocycles. The zero-order valence-electron chi connectivity index (χ0n) is 20.9. The molecule has 4 heterocycles. The molecule has 2 aliphatic heterocycles. The molecule has 2 unspecified atom stereocenters. The van der Waals surface area contributed by atoms with Crippen LogP contribution in [-0.2, 0) is 17.5 Å². The van der Waals surface area contributed by atoms with E-state index in [1.54, 1.807) is 0 Å². The maximum atomic E-state index is 13.6. The van der Waals surface area contributed by atoms with Gasteiger partial charge in [0, 0.05) is 35.3 Å². The van der Waals surface area contributed by atoms with Crippen molar-refractivity contribution in [3.8, 4) is 11.3 Å². The molecule has 3 aromatic rings. The van der Waals surface area contributed by atoms with E-state index in [4.69, 9.17) is 9.26 Å². The van der Waals surface area contributed by atoms with Crippen LogP contribution < -0.4 is 4.90 Å². The number of fused-ring (bicyclic) bond motifs is 2. The molecule has 2 aromatic heterocycles. The van der Waals surface area contributed by atoms with Crippen LogP contribution in [0.15, 0.2) is 41.1 Å². The van der Waals surface area contributed by atoms with E-state index in [2.05, 4.69) is 10.1 Å². The number of piperidine rings is 1. The molecule has 0 amide bonds. The van der Waals surface area contributed by atoms with Gasteiger partial charge in [-0.2, -0.15) is 13.2 Å². The van der Waals surface area contributed by atoms with Gasteiger partial charge in [0.05, 0.1) is 23.8 Å².